The highest BCUT2D eigenvalue weighted by molar-refractivity contribution is 5.86. The zero-order chi connectivity index (χ0) is 15.1. The number of rotatable bonds is 7. The second-order valence-corrected chi connectivity index (χ2v) is 5.01. The number of nitrogens with one attached hydrogen (secondary N) is 1. The van der Waals surface area contributed by atoms with Crippen molar-refractivity contribution < 1.29 is 14.7 Å². The van der Waals surface area contributed by atoms with E-state index in [4.69, 9.17) is 10.8 Å². The maximum Gasteiger partial charge on any atom is 0.323 e. The number of hydrogen-bond donors (Lipinski definition) is 3. The van der Waals surface area contributed by atoms with E-state index in [0.29, 0.717) is 23.8 Å². The summed E-state index contributed by atoms with van der Waals surface area (Å²) in [7, 11) is 0. The van der Waals surface area contributed by atoms with Crippen molar-refractivity contribution in [3.05, 3.63) is 24.3 Å². The third-order valence-corrected chi connectivity index (χ3v) is 2.65. The molecule has 20 heavy (non-hydrogen) atoms. The normalized spacial score (nSPS) is 10.3. The number of nitrogens with two attached hydrogens (primary N) is 1. The van der Waals surface area contributed by atoms with Gasteiger partial charge >= 0.3 is 5.97 Å². The molecule has 0 spiro atoms. The summed E-state index contributed by atoms with van der Waals surface area (Å²) < 4.78 is 0. The Morgan fingerprint density at radius 1 is 1.30 bits per heavy atom. The fourth-order valence-electron chi connectivity index (χ4n) is 1.71. The Morgan fingerprint density at radius 2 is 1.95 bits per heavy atom. The fraction of sp³-hybridized carbons (Fsp3) is 0.429. The molecule has 110 valence electrons. The van der Waals surface area contributed by atoms with Crippen LogP contribution in [0.4, 0.5) is 11.4 Å². The molecule has 1 aromatic rings. The molecule has 0 unspecified atom stereocenters. The first-order chi connectivity index (χ1) is 9.40. The van der Waals surface area contributed by atoms with Crippen LogP contribution in [0.15, 0.2) is 24.3 Å². The zero-order valence-electron chi connectivity index (χ0n) is 11.8. The summed E-state index contributed by atoms with van der Waals surface area (Å²) in [6.07, 6.45) is 0. The number of nitrogen functional groups attached to an aromatic ring is 1. The highest BCUT2D eigenvalue weighted by Crippen LogP contribution is 2.21. The number of nitrogens with zero attached hydrogens (tertiary/aromatic N) is 1. The van der Waals surface area contributed by atoms with Gasteiger partial charge in [0.15, 0.2) is 0 Å². The highest BCUT2D eigenvalue weighted by Gasteiger charge is 2.16. The van der Waals surface area contributed by atoms with Crippen LogP contribution < -0.4 is 16.0 Å². The molecule has 0 aliphatic heterocycles. The minimum absolute atomic E-state index is 0.0345. The first kappa shape index (κ1) is 15.8. The number of carboxylic acid groups (broad SMARTS) is 1. The monoisotopic (exact) mass is 279 g/mol. The second-order valence-electron chi connectivity index (χ2n) is 5.01. The Morgan fingerprint density at radius 3 is 2.50 bits per heavy atom. The van der Waals surface area contributed by atoms with Gasteiger partial charge in [0.1, 0.15) is 6.54 Å². The Balaban J connectivity index is 2.78. The third kappa shape index (κ3) is 5.17. The minimum atomic E-state index is -1.01. The summed E-state index contributed by atoms with van der Waals surface area (Å²) in [5.74, 6) is -0.887. The number of anilines is 2. The summed E-state index contributed by atoms with van der Waals surface area (Å²) in [5.41, 5.74) is 6.83. The number of carbonyl (C=O) groups excluding carboxylic acids is 1. The van der Waals surface area contributed by atoms with Crippen molar-refractivity contribution in [1.29, 1.82) is 0 Å². The maximum absolute atomic E-state index is 11.8. The van der Waals surface area contributed by atoms with Crippen LogP contribution in [0.25, 0.3) is 0 Å². The van der Waals surface area contributed by atoms with Crippen molar-refractivity contribution in [3.8, 4) is 0 Å². The molecule has 1 aromatic carbocycles. The molecule has 6 heteroatoms. The van der Waals surface area contributed by atoms with E-state index in [1.807, 2.05) is 13.8 Å². The van der Waals surface area contributed by atoms with Crippen molar-refractivity contribution >= 4 is 23.3 Å². The number of carbonyl (C=O) groups is 2. The van der Waals surface area contributed by atoms with E-state index in [9.17, 15) is 9.59 Å². The van der Waals surface area contributed by atoms with Crippen LogP contribution >= 0.6 is 0 Å². The number of hydrogen-bond acceptors (Lipinski definition) is 4. The largest absolute Gasteiger partial charge is 0.480 e. The molecule has 0 fully saturated rings. The first-order valence-corrected chi connectivity index (χ1v) is 6.48. The maximum atomic E-state index is 11.8. The Hall–Kier alpha value is -2.24. The van der Waals surface area contributed by atoms with Gasteiger partial charge in [0.05, 0.1) is 17.9 Å². The highest BCUT2D eigenvalue weighted by atomic mass is 16.4. The first-order valence-electron chi connectivity index (χ1n) is 6.48. The zero-order valence-corrected chi connectivity index (χ0v) is 11.8. The van der Waals surface area contributed by atoms with Crippen molar-refractivity contribution in [1.82, 2.24) is 5.32 Å². The van der Waals surface area contributed by atoms with E-state index >= 15 is 0 Å². The molecule has 0 aliphatic carbocycles. The number of para-hydroxylation sites is 2. The predicted octanol–water partition coefficient (Wildman–Crippen LogP) is 0.932. The van der Waals surface area contributed by atoms with E-state index in [-0.39, 0.29) is 19.0 Å². The molecule has 0 saturated heterocycles. The lowest BCUT2D eigenvalue weighted by molar-refractivity contribution is -0.135. The standard InChI is InChI=1S/C14H21N3O3/c1-10(2)7-16-13(18)8-17(9-14(19)20)12-6-4-3-5-11(12)15/h3-6,10H,7-9,15H2,1-2H3,(H,16,18)(H,19,20). The van der Waals surface area contributed by atoms with Crippen LogP contribution in [0.5, 0.6) is 0 Å². The fourth-order valence-corrected chi connectivity index (χ4v) is 1.71. The van der Waals surface area contributed by atoms with E-state index in [1.165, 1.54) is 4.90 Å². The van der Waals surface area contributed by atoms with Crippen molar-refractivity contribution in [3.63, 3.8) is 0 Å². The quantitative estimate of drug-likeness (QED) is 0.645. The summed E-state index contributed by atoms with van der Waals surface area (Å²) >= 11 is 0. The predicted molar refractivity (Wildman–Crippen MR) is 78.6 cm³/mol. The topological polar surface area (TPSA) is 95.7 Å². The Labute approximate surface area is 118 Å². The smallest absolute Gasteiger partial charge is 0.323 e. The van der Waals surface area contributed by atoms with Crippen LogP contribution in [0.1, 0.15) is 13.8 Å². The van der Waals surface area contributed by atoms with Gasteiger partial charge in [0.2, 0.25) is 5.91 Å². The molecule has 0 saturated carbocycles. The number of amides is 1. The molecule has 4 N–H and O–H groups in total. The molecule has 0 aliphatic rings. The van der Waals surface area contributed by atoms with Gasteiger partial charge in [-0.15, -0.1) is 0 Å². The Bertz CT molecular complexity index is 474. The van der Waals surface area contributed by atoms with E-state index in [2.05, 4.69) is 5.32 Å². The second kappa shape index (κ2) is 7.37. The van der Waals surface area contributed by atoms with E-state index in [1.54, 1.807) is 24.3 Å². The van der Waals surface area contributed by atoms with E-state index in [0.717, 1.165) is 0 Å². The molecule has 0 aromatic heterocycles. The molecular weight excluding hydrogens is 258 g/mol. The average Bonchev–Trinajstić information content (AvgIpc) is 2.35. The number of aliphatic carboxylic acids is 1. The molecule has 0 atom stereocenters. The molecule has 6 nitrogen and oxygen atoms in total. The minimum Gasteiger partial charge on any atom is -0.480 e. The molecular formula is C14H21N3O3. The van der Waals surface area contributed by atoms with Gasteiger partial charge in [-0.25, -0.2) is 0 Å². The molecule has 1 amide bonds. The van der Waals surface area contributed by atoms with Crippen molar-refractivity contribution in [2.45, 2.75) is 13.8 Å². The van der Waals surface area contributed by atoms with Gasteiger partial charge in [-0.3, -0.25) is 9.59 Å². The molecule has 0 radical (unpaired) electrons. The van der Waals surface area contributed by atoms with Gasteiger partial charge in [-0.2, -0.15) is 0 Å². The molecule has 0 heterocycles. The number of carboxylic acids is 1. The van der Waals surface area contributed by atoms with E-state index < -0.39 is 5.97 Å². The van der Waals surface area contributed by atoms with Crippen LogP contribution in [0.2, 0.25) is 0 Å². The summed E-state index contributed by atoms with van der Waals surface area (Å²) in [4.78, 5) is 24.2. The summed E-state index contributed by atoms with van der Waals surface area (Å²) in [5, 5.41) is 11.7. The van der Waals surface area contributed by atoms with Gasteiger partial charge < -0.3 is 21.1 Å². The lowest BCUT2D eigenvalue weighted by Crippen LogP contribution is -2.41. The average molecular weight is 279 g/mol. The van der Waals surface area contributed by atoms with Crippen molar-refractivity contribution in [2.75, 3.05) is 30.3 Å². The summed E-state index contributed by atoms with van der Waals surface area (Å²) in [6, 6.07) is 6.90. The lowest BCUT2D eigenvalue weighted by atomic mass is 10.2. The van der Waals surface area contributed by atoms with Gasteiger partial charge in [-0.05, 0) is 18.1 Å². The van der Waals surface area contributed by atoms with Crippen LogP contribution in [-0.2, 0) is 9.59 Å². The third-order valence-electron chi connectivity index (χ3n) is 2.65. The lowest BCUT2D eigenvalue weighted by Gasteiger charge is -2.23. The van der Waals surface area contributed by atoms with Crippen LogP contribution in [0, 0.1) is 5.92 Å². The van der Waals surface area contributed by atoms with Gasteiger partial charge in [-0.1, -0.05) is 26.0 Å². The summed E-state index contributed by atoms with van der Waals surface area (Å²) in [6.45, 7) is 4.23. The molecule has 1 rings (SSSR count). The van der Waals surface area contributed by atoms with Gasteiger partial charge in [0, 0.05) is 6.54 Å². The van der Waals surface area contributed by atoms with Crippen molar-refractivity contribution in [2.24, 2.45) is 5.92 Å². The van der Waals surface area contributed by atoms with Gasteiger partial charge in [0.25, 0.3) is 0 Å². The Kier molecular flexibility index (Phi) is 5.83. The molecule has 0 bridgehead atoms. The SMILES string of the molecule is CC(C)CNC(=O)CN(CC(=O)O)c1ccccc1N. The van der Waals surface area contributed by atoms with Crippen LogP contribution in [-0.4, -0.2) is 36.6 Å². The number of benzene rings is 1. The van der Waals surface area contributed by atoms with Crippen LogP contribution in [0.3, 0.4) is 0 Å².